The van der Waals surface area contributed by atoms with Crippen molar-refractivity contribution in [2.75, 3.05) is 0 Å². The van der Waals surface area contributed by atoms with E-state index in [0.29, 0.717) is 0 Å². The van der Waals surface area contributed by atoms with Gasteiger partial charge in [0.15, 0.2) is 0 Å². The predicted molar refractivity (Wildman–Crippen MR) is 85.7 cm³/mol. The Hall–Kier alpha value is -2.23. The van der Waals surface area contributed by atoms with Crippen molar-refractivity contribution in [2.45, 2.75) is 34.2 Å². The smallest absolute Gasteiger partial charge is 0.123 e. The molecule has 0 amide bonds. The minimum absolute atomic E-state index is 0. The molecule has 1 aromatic heterocycles. The van der Waals surface area contributed by atoms with Crippen molar-refractivity contribution in [1.29, 1.82) is 0 Å². The van der Waals surface area contributed by atoms with Gasteiger partial charge in [0.2, 0.25) is 0 Å². The minimum atomic E-state index is -0.160. The van der Waals surface area contributed by atoms with Crippen LogP contribution in [-0.2, 0) is 13.0 Å². The Morgan fingerprint density at radius 2 is 1.67 bits per heavy atom. The van der Waals surface area contributed by atoms with E-state index < -0.39 is 0 Å². The molecular weight excluding hydrogens is 265 g/mol. The van der Waals surface area contributed by atoms with Crippen LogP contribution in [-0.4, -0.2) is 15.0 Å². The van der Waals surface area contributed by atoms with E-state index >= 15 is 0 Å². The lowest BCUT2D eigenvalue weighted by molar-refractivity contribution is 0.627. The minimum Gasteiger partial charge on any atom is -0.245 e. The van der Waals surface area contributed by atoms with Crippen molar-refractivity contribution in [3.8, 4) is 0 Å². The summed E-state index contributed by atoms with van der Waals surface area (Å²) in [7, 11) is 0. The standard InChI is InChI=1S/C8H9F.C8H9N3.CH4/c1-2-7-3-5-8(9)6-4-7;1-2-11-8-6-4-3-5-7(8)9-10-11;/h3-6H,2H2,1H3;3-6H,2H2,1H3;1H4. The summed E-state index contributed by atoms with van der Waals surface area (Å²) in [5, 5.41) is 7.98. The van der Waals surface area contributed by atoms with Crippen LogP contribution in [0.1, 0.15) is 26.8 Å². The highest BCUT2D eigenvalue weighted by atomic mass is 19.1. The van der Waals surface area contributed by atoms with Gasteiger partial charge in [-0.25, -0.2) is 9.07 Å². The molecule has 1 heterocycles. The largest absolute Gasteiger partial charge is 0.245 e. The van der Waals surface area contributed by atoms with E-state index in [-0.39, 0.29) is 13.2 Å². The average Bonchev–Trinajstić information content (AvgIpc) is 2.92. The zero-order valence-corrected chi connectivity index (χ0v) is 11.8. The summed E-state index contributed by atoms with van der Waals surface area (Å²) in [4.78, 5) is 0. The SMILES string of the molecule is C.CCc1ccc(F)cc1.CCn1nnc2ccccc21. The van der Waals surface area contributed by atoms with Crippen molar-refractivity contribution < 1.29 is 4.39 Å². The van der Waals surface area contributed by atoms with Crippen molar-refractivity contribution in [2.24, 2.45) is 0 Å². The van der Waals surface area contributed by atoms with E-state index in [4.69, 9.17) is 0 Å². The summed E-state index contributed by atoms with van der Waals surface area (Å²) in [5.74, 6) is -0.160. The van der Waals surface area contributed by atoms with Gasteiger partial charge in [0, 0.05) is 6.54 Å². The predicted octanol–water partition coefficient (Wildman–Crippen LogP) is 4.48. The number of hydrogen-bond donors (Lipinski definition) is 0. The van der Waals surface area contributed by atoms with Gasteiger partial charge in [-0.15, -0.1) is 5.10 Å². The Bertz CT molecular complexity index is 659. The Morgan fingerprint density at radius 1 is 1.00 bits per heavy atom. The maximum absolute atomic E-state index is 12.2. The van der Waals surface area contributed by atoms with Gasteiger partial charge in [0.05, 0.1) is 5.52 Å². The molecule has 0 saturated heterocycles. The fourth-order valence-electron chi connectivity index (χ4n) is 1.87. The van der Waals surface area contributed by atoms with Crippen molar-refractivity contribution in [1.82, 2.24) is 15.0 Å². The van der Waals surface area contributed by atoms with Crippen LogP contribution in [0.4, 0.5) is 4.39 Å². The van der Waals surface area contributed by atoms with E-state index in [1.165, 1.54) is 17.7 Å². The lowest BCUT2D eigenvalue weighted by Gasteiger charge is -1.93. The normalized spacial score (nSPS) is 9.67. The summed E-state index contributed by atoms with van der Waals surface area (Å²) in [5.41, 5.74) is 3.25. The van der Waals surface area contributed by atoms with Gasteiger partial charge in [0.25, 0.3) is 0 Å². The molecule has 3 aromatic rings. The zero-order chi connectivity index (χ0) is 14.4. The monoisotopic (exact) mass is 287 g/mol. The van der Waals surface area contributed by atoms with Crippen molar-refractivity contribution in [3.63, 3.8) is 0 Å². The number of nitrogens with zero attached hydrogens (tertiary/aromatic N) is 3. The number of aryl methyl sites for hydroxylation is 2. The van der Waals surface area contributed by atoms with E-state index in [9.17, 15) is 4.39 Å². The molecule has 4 heteroatoms. The molecule has 0 aliphatic carbocycles. The van der Waals surface area contributed by atoms with Gasteiger partial charge in [-0.1, -0.05) is 43.8 Å². The maximum Gasteiger partial charge on any atom is 0.123 e. The lowest BCUT2D eigenvalue weighted by atomic mass is 10.2. The first-order chi connectivity index (χ1) is 9.74. The molecule has 0 fully saturated rings. The van der Waals surface area contributed by atoms with E-state index in [2.05, 4.69) is 17.2 Å². The van der Waals surface area contributed by atoms with Gasteiger partial charge >= 0.3 is 0 Å². The second-order valence-corrected chi connectivity index (χ2v) is 4.37. The van der Waals surface area contributed by atoms with Crippen LogP contribution >= 0.6 is 0 Å². The molecule has 0 bridgehead atoms. The number of para-hydroxylation sites is 1. The third kappa shape index (κ3) is 4.38. The first-order valence-corrected chi connectivity index (χ1v) is 6.77. The zero-order valence-electron chi connectivity index (χ0n) is 11.8. The molecule has 0 spiro atoms. The number of fused-ring (bicyclic) bond motifs is 1. The van der Waals surface area contributed by atoms with E-state index in [0.717, 1.165) is 24.0 Å². The summed E-state index contributed by atoms with van der Waals surface area (Å²) >= 11 is 0. The van der Waals surface area contributed by atoms with E-state index in [1.807, 2.05) is 35.9 Å². The molecule has 0 N–H and O–H groups in total. The lowest BCUT2D eigenvalue weighted by Crippen LogP contribution is -1.95. The number of hydrogen-bond acceptors (Lipinski definition) is 2. The molecular formula is C17H22FN3. The van der Waals surface area contributed by atoms with Crippen LogP contribution in [0.3, 0.4) is 0 Å². The van der Waals surface area contributed by atoms with Crippen LogP contribution in [0.15, 0.2) is 48.5 Å². The second kappa shape index (κ2) is 8.15. The molecule has 0 unspecified atom stereocenters. The maximum atomic E-state index is 12.2. The Labute approximate surface area is 125 Å². The Morgan fingerprint density at radius 3 is 2.29 bits per heavy atom. The summed E-state index contributed by atoms with van der Waals surface area (Å²) in [6, 6.07) is 14.5. The van der Waals surface area contributed by atoms with Crippen LogP contribution < -0.4 is 0 Å². The summed E-state index contributed by atoms with van der Waals surface area (Å²) in [6.07, 6.45) is 0.972. The molecule has 0 radical (unpaired) electrons. The molecule has 0 aliphatic heterocycles. The molecule has 21 heavy (non-hydrogen) atoms. The van der Waals surface area contributed by atoms with Crippen LogP contribution in [0.2, 0.25) is 0 Å². The topological polar surface area (TPSA) is 30.7 Å². The Kier molecular flexibility index (Phi) is 6.53. The number of rotatable bonds is 2. The van der Waals surface area contributed by atoms with Crippen LogP contribution in [0, 0.1) is 5.82 Å². The van der Waals surface area contributed by atoms with E-state index in [1.54, 1.807) is 12.1 Å². The first kappa shape index (κ1) is 16.8. The quantitative estimate of drug-likeness (QED) is 0.696. The highest BCUT2D eigenvalue weighted by molar-refractivity contribution is 5.73. The molecule has 112 valence electrons. The van der Waals surface area contributed by atoms with Gasteiger partial charge < -0.3 is 0 Å². The fourth-order valence-corrected chi connectivity index (χ4v) is 1.87. The summed E-state index contributed by atoms with van der Waals surface area (Å²) in [6.45, 7) is 4.98. The Balaban J connectivity index is 0.000000205. The third-order valence-corrected chi connectivity index (χ3v) is 3.04. The molecule has 3 nitrogen and oxygen atoms in total. The average molecular weight is 287 g/mol. The highest BCUT2D eigenvalue weighted by Crippen LogP contribution is 2.08. The number of benzene rings is 2. The molecule has 3 rings (SSSR count). The fraction of sp³-hybridized carbons (Fsp3) is 0.294. The summed E-state index contributed by atoms with van der Waals surface area (Å²) < 4.78 is 14.1. The molecule has 2 aromatic carbocycles. The van der Waals surface area contributed by atoms with Crippen LogP contribution in [0.25, 0.3) is 11.0 Å². The third-order valence-electron chi connectivity index (χ3n) is 3.04. The number of aromatic nitrogens is 3. The second-order valence-electron chi connectivity index (χ2n) is 4.37. The highest BCUT2D eigenvalue weighted by Gasteiger charge is 1.98. The molecule has 0 aliphatic rings. The van der Waals surface area contributed by atoms with Gasteiger partial charge in [-0.05, 0) is 43.2 Å². The van der Waals surface area contributed by atoms with Gasteiger partial charge in [0.1, 0.15) is 11.3 Å². The molecule has 0 atom stereocenters. The molecule has 0 saturated carbocycles. The van der Waals surface area contributed by atoms with Crippen molar-refractivity contribution in [3.05, 3.63) is 59.9 Å². The van der Waals surface area contributed by atoms with Crippen molar-refractivity contribution >= 4 is 11.0 Å². The van der Waals surface area contributed by atoms with Gasteiger partial charge in [-0.2, -0.15) is 0 Å². The number of halogens is 1. The van der Waals surface area contributed by atoms with Crippen LogP contribution in [0.5, 0.6) is 0 Å². The van der Waals surface area contributed by atoms with Gasteiger partial charge in [-0.3, -0.25) is 0 Å². The first-order valence-electron chi connectivity index (χ1n) is 6.77.